The summed E-state index contributed by atoms with van der Waals surface area (Å²) < 4.78 is 0. The van der Waals surface area contributed by atoms with Crippen LogP contribution < -0.4 is 5.32 Å². The standard InChI is InChI=1S/C17H24N6O/c1-13(11-24)23-6-2-14(3-7-23)8-15-9-16(21-12-20-15)22-17-10-18-4-5-19-17/h4-5,9-10,12-14,24H,2-3,6-8,11H2,1H3,(H,19,20,21,22). The van der Waals surface area contributed by atoms with Gasteiger partial charge in [0.2, 0.25) is 0 Å². The summed E-state index contributed by atoms with van der Waals surface area (Å²) in [6.45, 7) is 4.40. The number of likely N-dealkylation sites (tertiary alicyclic amines) is 1. The Balaban J connectivity index is 1.56. The Kier molecular flexibility index (Phi) is 5.66. The molecule has 128 valence electrons. The van der Waals surface area contributed by atoms with Crippen LogP contribution in [-0.2, 0) is 6.42 Å². The second-order valence-corrected chi connectivity index (χ2v) is 6.33. The first-order valence-corrected chi connectivity index (χ1v) is 8.43. The highest BCUT2D eigenvalue weighted by Crippen LogP contribution is 2.23. The van der Waals surface area contributed by atoms with Gasteiger partial charge in [0.1, 0.15) is 18.0 Å². The van der Waals surface area contributed by atoms with Crippen molar-refractivity contribution in [1.82, 2.24) is 24.8 Å². The van der Waals surface area contributed by atoms with E-state index in [-0.39, 0.29) is 12.6 Å². The van der Waals surface area contributed by atoms with Gasteiger partial charge in [-0.15, -0.1) is 0 Å². The molecule has 0 spiro atoms. The third-order valence-corrected chi connectivity index (χ3v) is 4.58. The number of hydrogen-bond acceptors (Lipinski definition) is 7. The number of piperidine rings is 1. The van der Waals surface area contributed by atoms with Crippen molar-refractivity contribution in [2.75, 3.05) is 25.0 Å². The van der Waals surface area contributed by atoms with E-state index in [1.165, 1.54) is 0 Å². The number of anilines is 2. The molecule has 1 aliphatic rings. The van der Waals surface area contributed by atoms with Crippen LogP contribution in [0, 0.1) is 5.92 Å². The van der Waals surface area contributed by atoms with Crippen LogP contribution >= 0.6 is 0 Å². The molecule has 0 bridgehead atoms. The first-order chi connectivity index (χ1) is 11.7. The molecule has 2 N–H and O–H groups in total. The minimum Gasteiger partial charge on any atom is -0.395 e. The van der Waals surface area contributed by atoms with Crippen molar-refractivity contribution in [2.24, 2.45) is 5.92 Å². The summed E-state index contributed by atoms with van der Waals surface area (Å²) in [7, 11) is 0. The maximum absolute atomic E-state index is 9.26. The van der Waals surface area contributed by atoms with Crippen LogP contribution in [0.25, 0.3) is 0 Å². The first-order valence-electron chi connectivity index (χ1n) is 8.43. The van der Waals surface area contributed by atoms with Crippen molar-refractivity contribution >= 4 is 11.6 Å². The van der Waals surface area contributed by atoms with Crippen LogP contribution in [0.2, 0.25) is 0 Å². The molecule has 3 rings (SSSR count). The Hall–Kier alpha value is -2.12. The highest BCUT2D eigenvalue weighted by Gasteiger charge is 2.22. The zero-order chi connectivity index (χ0) is 16.8. The van der Waals surface area contributed by atoms with Crippen LogP contribution in [0.15, 0.2) is 31.0 Å². The lowest BCUT2D eigenvalue weighted by molar-refractivity contribution is 0.0962. The number of nitrogens with zero attached hydrogens (tertiary/aromatic N) is 5. The minimum absolute atomic E-state index is 0.230. The van der Waals surface area contributed by atoms with E-state index < -0.39 is 0 Å². The van der Waals surface area contributed by atoms with Crippen molar-refractivity contribution in [1.29, 1.82) is 0 Å². The summed E-state index contributed by atoms with van der Waals surface area (Å²) in [5.74, 6) is 2.05. The molecule has 7 nitrogen and oxygen atoms in total. The van der Waals surface area contributed by atoms with E-state index in [0.717, 1.165) is 43.9 Å². The van der Waals surface area contributed by atoms with E-state index in [1.807, 2.05) is 6.07 Å². The molecule has 3 heterocycles. The third-order valence-electron chi connectivity index (χ3n) is 4.58. The monoisotopic (exact) mass is 328 g/mol. The molecule has 1 unspecified atom stereocenters. The number of rotatable bonds is 6. The van der Waals surface area contributed by atoms with E-state index in [4.69, 9.17) is 0 Å². The maximum atomic E-state index is 9.26. The van der Waals surface area contributed by atoms with E-state index in [9.17, 15) is 5.11 Å². The summed E-state index contributed by atoms with van der Waals surface area (Å²) in [5.41, 5.74) is 1.05. The molecule has 0 saturated carbocycles. The smallest absolute Gasteiger partial charge is 0.150 e. The second-order valence-electron chi connectivity index (χ2n) is 6.33. The van der Waals surface area contributed by atoms with Gasteiger partial charge in [0.05, 0.1) is 12.8 Å². The summed E-state index contributed by atoms with van der Waals surface area (Å²) in [4.78, 5) is 19.2. The SMILES string of the molecule is CC(CO)N1CCC(Cc2cc(Nc3cnccn3)ncn2)CC1. The molecule has 24 heavy (non-hydrogen) atoms. The highest BCUT2D eigenvalue weighted by molar-refractivity contribution is 5.49. The van der Waals surface area contributed by atoms with Crippen LogP contribution in [0.4, 0.5) is 11.6 Å². The van der Waals surface area contributed by atoms with Crippen molar-refractivity contribution in [3.05, 3.63) is 36.7 Å². The largest absolute Gasteiger partial charge is 0.395 e. The molecule has 1 fully saturated rings. The third kappa shape index (κ3) is 4.46. The minimum atomic E-state index is 0.230. The quantitative estimate of drug-likeness (QED) is 0.833. The van der Waals surface area contributed by atoms with Gasteiger partial charge in [0, 0.05) is 30.2 Å². The van der Waals surface area contributed by atoms with Gasteiger partial charge < -0.3 is 10.4 Å². The van der Waals surface area contributed by atoms with Gasteiger partial charge in [0.15, 0.2) is 0 Å². The molecule has 1 aliphatic heterocycles. The molecule has 0 aliphatic carbocycles. The van der Waals surface area contributed by atoms with Crippen molar-refractivity contribution in [3.8, 4) is 0 Å². The lowest BCUT2D eigenvalue weighted by Crippen LogP contribution is -2.42. The molecule has 1 atom stereocenters. The zero-order valence-electron chi connectivity index (χ0n) is 14.0. The number of aliphatic hydroxyl groups is 1. The topological polar surface area (TPSA) is 87.1 Å². The Morgan fingerprint density at radius 3 is 2.75 bits per heavy atom. The normalized spacial score (nSPS) is 17.6. The van der Waals surface area contributed by atoms with Gasteiger partial charge in [-0.05, 0) is 45.2 Å². The van der Waals surface area contributed by atoms with E-state index >= 15 is 0 Å². The van der Waals surface area contributed by atoms with Gasteiger partial charge in [-0.2, -0.15) is 0 Å². The molecular weight excluding hydrogens is 304 g/mol. The molecule has 0 aromatic carbocycles. The average molecular weight is 328 g/mol. The fraction of sp³-hybridized carbons (Fsp3) is 0.529. The van der Waals surface area contributed by atoms with Gasteiger partial charge in [-0.25, -0.2) is 15.0 Å². The Morgan fingerprint density at radius 2 is 2.04 bits per heavy atom. The lowest BCUT2D eigenvalue weighted by Gasteiger charge is -2.35. The molecule has 2 aromatic rings. The summed E-state index contributed by atoms with van der Waals surface area (Å²) in [5, 5.41) is 12.4. The predicted octanol–water partition coefficient (Wildman–Crippen LogP) is 1.65. The number of hydrogen-bond donors (Lipinski definition) is 2. The predicted molar refractivity (Wildman–Crippen MR) is 91.9 cm³/mol. The van der Waals surface area contributed by atoms with Gasteiger partial charge in [-0.3, -0.25) is 9.88 Å². The van der Waals surface area contributed by atoms with Crippen LogP contribution in [0.3, 0.4) is 0 Å². The van der Waals surface area contributed by atoms with Crippen molar-refractivity contribution < 1.29 is 5.11 Å². The van der Waals surface area contributed by atoms with Gasteiger partial charge >= 0.3 is 0 Å². The fourth-order valence-electron chi connectivity index (χ4n) is 3.08. The Labute approximate surface area is 142 Å². The first kappa shape index (κ1) is 16.7. The van der Waals surface area contributed by atoms with Gasteiger partial charge in [0.25, 0.3) is 0 Å². The maximum Gasteiger partial charge on any atom is 0.150 e. The zero-order valence-corrected chi connectivity index (χ0v) is 14.0. The molecule has 0 amide bonds. The number of aliphatic hydroxyl groups excluding tert-OH is 1. The van der Waals surface area contributed by atoms with E-state index in [1.54, 1.807) is 24.9 Å². The van der Waals surface area contributed by atoms with Gasteiger partial charge in [-0.1, -0.05) is 0 Å². The Bertz CT molecular complexity index is 630. The lowest BCUT2D eigenvalue weighted by atomic mass is 9.91. The number of nitrogens with one attached hydrogen (secondary N) is 1. The fourth-order valence-corrected chi connectivity index (χ4v) is 3.08. The van der Waals surface area contributed by atoms with E-state index in [2.05, 4.69) is 37.1 Å². The Morgan fingerprint density at radius 1 is 1.21 bits per heavy atom. The highest BCUT2D eigenvalue weighted by atomic mass is 16.3. The van der Waals surface area contributed by atoms with Crippen molar-refractivity contribution in [2.45, 2.75) is 32.2 Å². The van der Waals surface area contributed by atoms with Crippen LogP contribution in [-0.4, -0.2) is 55.7 Å². The average Bonchev–Trinajstić information content (AvgIpc) is 2.63. The number of aromatic nitrogens is 4. The molecule has 2 aromatic heterocycles. The summed E-state index contributed by atoms with van der Waals surface area (Å²) in [6.07, 6.45) is 9.78. The molecular formula is C17H24N6O. The second kappa shape index (κ2) is 8.12. The summed E-state index contributed by atoms with van der Waals surface area (Å²) >= 11 is 0. The van der Waals surface area contributed by atoms with Crippen LogP contribution in [0.1, 0.15) is 25.5 Å². The molecule has 0 radical (unpaired) electrons. The molecule has 7 heteroatoms. The van der Waals surface area contributed by atoms with E-state index in [0.29, 0.717) is 11.7 Å². The molecule has 1 saturated heterocycles. The van der Waals surface area contributed by atoms with Crippen LogP contribution in [0.5, 0.6) is 0 Å². The van der Waals surface area contributed by atoms with Crippen molar-refractivity contribution in [3.63, 3.8) is 0 Å². The summed E-state index contributed by atoms with van der Waals surface area (Å²) in [6, 6.07) is 2.24.